The van der Waals surface area contributed by atoms with Crippen LogP contribution in [0.1, 0.15) is 69.1 Å². The number of H-pyrrole nitrogens is 2. The first kappa shape index (κ1) is 96.2. The minimum Gasteiger partial charge on any atom is -0.495 e. The van der Waals surface area contributed by atoms with E-state index in [4.69, 9.17) is 41.5 Å². The molecular weight excluding hydrogens is 2090 g/mol. The Labute approximate surface area is 764 Å². The smallest absolute Gasteiger partial charge is 0.340 e. The first-order valence-electron chi connectivity index (χ1n) is 36.6. The van der Waals surface area contributed by atoms with Gasteiger partial charge in [-0.3, -0.25) is 28.6 Å². The van der Waals surface area contributed by atoms with Gasteiger partial charge in [0.15, 0.2) is 10.9 Å². The van der Waals surface area contributed by atoms with Crippen molar-refractivity contribution < 1.29 is 55.3 Å². The van der Waals surface area contributed by atoms with Crippen molar-refractivity contribution in [3.63, 3.8) is 0 Å². The molecule has 0 saturated heterocycles. The molecule has 35 heteroatoms. The lowest BCUT2D eigenvalue weighted by atomic mass is 10.0. The molecule has 26 nitrogen and oxygen atoms in total. The van der Waals surface area contributed by atoms with E-state index < -0.39 is 32.0 Å². The number of nitrogen functional groups attached to an aromatic ring is 1. The Morgan fingerprint density at radius 1 is 0.492 bits per heavy atom. The van der Waals surface area contributed by atoms with E-state index in [1.54, 1.807) is 84.9 Å². The largest absolute Gasteiger partial charge is 0.495 e. The highest BCUT2D eigenvalue weighted by atomic mass is 127. The first-order valence-corrected chi connectivity index (χ1v) is 45.1. The van der Waals surface area contributed by atoms with Gasteiger partial charge in [-0.15, -0.1) is 24.8 Å². The monoisotopic (exact) mass is 2170 g/mol. The molecular formula is C85H85Cl3I4N12O14S2. The molecule has 0 aliphatic carbocycles. The van der Waals surface area contributed by atoms with E-state index in [0.717, 1.165) is 104 Å². The van der Waals surface area contributed by atoms with Gasteiger partial charge in [0.2, 0.25) is 20.0 Å². The molecule has 0 spiro atoms. The average molecular weight is 2180 g/mol. The molecule has 2 amide bonds. The maximum absolute atomic E-state index is 13.4. The van der Waals surface area contributed by atoms with E-state index in [-0.39, 0.29) is 53.0 Å². The van der Waals surface area contributed by atoms with Crippen molar-refractivity contribution in [2.24, 2.45) is 0 Å². The number of nitrogens with one attached hydrogen (secondary N) is 7. The van der Waals surface area contributed by atoms with Crippen LogP contribution in [0.5, 0.6) is 11.5 Å². The summed E-state index contributed by atoms with van der Waals surface area (Å²) in [6, 6.07) is 53.9. The third-order valence-electron chi connectivity index (χ3n) is 18.6. The second-order valence-corrected chi connectivity index (χ2v) is 35.4. The number of carboxylic acids is 1. The number of rotatable bonds is 22. The van der Waals surface area contributed by atoms with Crippen molar-refractivity contribution in [2.75, 3.05) is 107 Å². The van der Waals surface area contributed by atoms with Crippen LogP contribution in [-0.2, 0) is 24.8 Å². The van der Waals surface area contributed by atoms with Crippen molar-refractivity contribution in [2.45, 2.75) is 27.7 Å². The van der Waals surface area contributed by atoms with Gasteiger partial charge in [-0.1, -0.05) is 100.0 Å². The number of fused-ring (bicyclic) bond motifs is 8. The quantitative estimate of drug-likeness (QED) is 0.0132. The van der Waals surface area contributed by atoms with Crippen molar-refractivity contribution in [1.29, 1.82) is 0 Å². The maximum Gasteiger partial charge on any atom is 0.340 e. The number of aromatic amines is 2. The number of likely N-dealkylation sites (N-methyl/N-ethyl adjacent to an activating group) is 2. The predicted octanol–water partition coefficient (Wildman–Crippen LogP) is 17.5. The van der Waals surface area contributed by atoms with E-state index >= 15 is 0 Å². The Morgan fingerprint density at radius 3 is 1.34 bits per heavy atom. The summed E-state index contributed by atoms with van der Waals surface area (Å²) >= 11 is 15.1. The Balaban J connectivity index is 0.000000194. The number of carboxylic acid groups (broad SMARTS) is 1. The number of carbonyl (C=O) groups excluding carboxylic acids is 3. The number of pyridine rings is 4. The minimum absolute atomic E-state index is 0. The number of ether oxygens (including phenoxy) is 3. The van der Waals surface area contributed by atoms with Crippen LogP contribution in [0.4, 0.5) is 28.4 Å². The number of hydrogen-bond donors (Lipinski definition) is 9. The van der Waals surface area contributed by atoms with E-state index in [1.165, 1.54) is 27.4 Å². The minimum atomic E-state index is -3.44. The number of esters is 1. The number of amides is 2. The van der Waals surface area contributed by atoms with Gasteiger partial charge in [0.05, 0.1) is 123 Å². The molecule has 0 radical (unpaired) electrons. The van der Waals surface area contributed by atoms with Crippen LogP contribution in [0.15, 0.2) is 192 Å². The number of para-hydroxylation sites is 4. The number of benzene rings is 10. The van der Waals surface area contributed by atoms with Gasteiger partial charge in [-0.25, -0.2) is 36.4 Å². The van der Waals surface area contributed by atoms with Crippen LogP contribution in [0.3, 0.4) is 0 Å². The zero-order valence-electron chi connectivity index (χ0n) is 66.1. The highest BCUT2D eigenvalue weighted by Crippen LogP contribution is 2.40. The van der Waals surface area contributed by atoms with Gasteiger partial charge < -0.3 is 60.8 Å². The molecule has 630 valence electrons. The highest BCUT2D eigenvalue weighted by Gasteiger charge is 2.23. The van der Waals surface area contributed by atoms with Crippen molar-refractivity contribution in [1.82, 2.24) is 40.4 Å². The number of nitrogens with two attached hydrogens (primary N) is 1. The number of anilines is 5. The number of hydrogen-bond acceptors (Lipinski definition) is 19. The van der Waals surface area contributed by atoms with Crippen LogP contribution in [0.2, 0.25) is 5.02 Å². The predicted molar refractivity (Wildman–Crippen MR) is 522 cm³/mol. The van der Waals surface area contributed by atoms with Crippen molar-refractivity contribution in [3.8, 4) is 11.5 Å². The maximum atomic E-state index is 13.4. The van der Waals surface area contributed by atoms with Crippen LogP contribution in [0.25, 0.3) is 87.2 Å². The lowest BCUT2D eigenvalue weighted by molar-refractivity contribution is 0.0601. The molecule has 14 aromatic rings. The lowest BCUT2D eigenvalue weighted by Crippen LogP contribution is -2.35. The van der Waals surface area contributed by atoms with E-state index in [1.807, 2.05) is 114 Å². The molecule has 10 aromatic carbocycles. The fourth-order valence-electron chi connectivity index (χ4n) is 12.9. The van der Waals surface area contributed by atoms with Gasteiger partial charge in [-0.05, 0) is 226 Å². The lowest BCUT2D eigenvalue weighted by Gasteiger charge is -2.19. The summed E-state index contributed by atoms with van der Waals surface area (Å²) in [7, 11) is -2.38. The molecule has 4 heterocycles. The fourth-order valence-corrected chi connectivity index (χ4v) is 16.8. The molecule has 0 fully saturated rings. The van der Waals surface area contributed by atoms with E-state index in [9.17, 15) is 50.7 Å². The summed E-state index contributed by atoms with van der Waals surface area (Å²) in [5.41, 5.74) is 14.6. The molecule has 4 aromatic heterocycles. The van der Waals surface area contributed by atoms with Gasteiger partial charge >= 0.3 is 11.9 Å². The van der Waals surface area contributed by atoms with Gasteiger partial charge in [0.25, 0.3) is 11.8 Å². The molecule has 14 rings (SSSR count). The zero-order chi connectivity index (χ0) is 85.4. The zero-order valence-corrected chi connectivity index (χ0v) is 78.8. The first-order chi connectivity index (χ1) is 56.3. The Kier molecular flexibility index (Phi) is 34.9. The molecule has 0 atom stereocenters. The van der Waals surface area contributed by atoms with E-state index in [0.29, 0.717) is 124 Å². The van der Waals surface area contributed by atoms with Crippen LogP contribution in [-0.4, -0.2) is 162 Å². The topological polar surface area (TPSA) is 369 Å². The standard InChI is InChI=1S/C28H32IN5O4S.C20H21ClIN3O.C15H10INO3.C14H8INO3.C8H12N2O3S.2ClH/c1-5-34(6-2)14-13-30-28(35)22-16-18(29)15-21-26(20-9-7-8-10-23(20)31-27(21)22)32-24-12-11-19(17-25(24)38-3)33-39(4,36)37;1-3-25(4-2)10-9-23-20(26)16-12-13(22)11-15-18(21)14-7-5-6-8-17(14)24-19(15)16;1-20-15(19)11-7-8(16)6-10-13(11)17-12-5-3-2-4-9(12)14(10)18;15-7-5-9-12(10(6-7)14(18)19)16-11-4-2-1-3-8(11)13(9)17;1-13-8-5-6(3-4-7(8)9)10-14(2,11)12;;/h7-12,15-17,33H,5-6,13-14H2,1-4H3,(H,30,35)(H,31,32);5-8,11-12H,3-4,9-10H2,1-2H3,(H,23,26);2-7H,1H3,(H,17,18);1-6H,(H,16,17)(H,18,19);3-5,10H,9H2,1-2H3;2*1H. The third kappa shape index (κ3) is 24.1. The number of halogens is 7. The molecule has 10 N–H and O–H groups in total. The summed E-state index contributed by atoms with van der Waals surface area (Å²) < 4.78 is 68.7. The second-order valence-electron chi connectivity index (χ2n) is 26.5. The summed E-state index contributed by atoms with van der Waals surface area (Å²) in [6.45, 7) is 15.0. The molecule has 0 saturated carbocycles. The summed E-state index contributed by atoms with van der Waals surface area (Å²) in [5.74, 6) is -0.891. The number of aromatic nitrogens is 4. The molecule has 0 unspecified atom stereocenters. The molecule has 0 aliphatic rings. The Morgan fingerprint density at radius 2 is 0.883 bits per heavy atom. The van der Waals surface area contributed by atoms with Crippen LogP contribution >= 0.6 is 127 Å². The van der Waals surface area contributed by atoms with Crippen molar-refractivity contribution >= 4 is 286 Å². The van der Waals surface area contributed by atoms with Crippen LogP contribution in [0, 0.1) is 14.3 Å². The fraction of sp³-hybridized carbons (Fsp3) is 0.200. The summed E-state index contributed by atoms with van der Waals surface area (Å²) in [5, 5.41) is 24.9. The number of nitrogens with zero attached hydrogens (tertiary/aromatic N) is 4. The van der Waals surface area contributed by atoms with Crippen LogP contribution < -0.4 is 51.5 Å². The SMILES string of the molecule is CCN(CC)CCNC(=O)c1cc(I)cc2c(Cl)c3ccccc3nc12.CCN(CC)CCNC(=O)c1cc(I)cc2c(Nc3ccc(NS(C)(=O)=O)cc3OC)c3ccccc3nc12.COC(=O)c1cc(I)cc2c(=O)c3ccccc3[nH]c12.COc1cc(NS(C)(=O)=O)ccc1N.Cl.Cl.O=C(O)c1cc(I)cc2c(=O)c3ccccc3[nH]c12. The Hall–Kier alpha value is -9.23. The number of methoxy groups -OCH3 is 3. The number of carbonyl (C=O) groups is 4. The van der Waals surface area contributed by atoms with Gasteiger partial charge in [0, 0.05) is 107 Å². The highest BCUT2D eigenvalue weighted by molar-refractivity contribution is 14.1. The summed E-state index contributed by atoms with van der Waals surface area (Å²) in [6.07, 6.45) is 2.18. The Bertz CT molecular complexity index is 6570. The molecule has 120 heavy (non-hydrogen) atoms. The van der Waals surface area contributed by atoms with Gasteiger partial charge in [-0.2, -0.15) is 0 Å². The average Bonchev–Trinajstić information content (AvgIpc) is 0.735. The molecule has 0 bridgehead atoms. The van der Waals surface area contributed by atoms with Crippen molar-refractivity contribution in [3.05, 3.63) is 244 Å². The van der Waals surface area contributed by atoms with Gasteiger partial charge in [0.1, 0.15) is 11.5 Å². The number of sulfonamides is 2. The normalized spacial score (nSPS) is 11.1. The molecule has 0 aliphatic heterocycles. The summed E-state index contributed by atoms with van der Waals surface area (Å²) in [4.78, 5) is 94.6. The number of aromatic carboxylic acids is 1. The third-order valence-corrected chi connectivity index (χ3v) is 22.7. The second kappa shape index (κ2) is 43.5. The van der Waals surface area contributed by atoms with E-state index in [2.05, 4.69) is 141 Å².